The third-order valence-corrected chi connectivity index (χ3v) is 1.03. The van der Waals surface area contributed by atoms with Crippen LogP contribution in [-0.2, 0) is 28.3 Å². The zero-order chi connectivity index (χ0) is 21.8. The van der Waals surface area contributed by atoms with Gasteiger partial charge in [-0.25, -0.2) is 0 Å². The van der Waals surface area contributed by atoms with Crippen molar-refractivity contribution in [3.63, 3.8) is 0 Å². The Labute approximate surface area is 354 Å². The molecule has 23 heteroatoms. The Morgan fingerprint density at radius 1 is 0.697 bits per heavy atom. The van der Waals surface area contributed by atoms with Gasteiger partial charge in [0.15, 0.2) is 0 Å². The van der Waals surface area contributed by atoms with E-state index in [9.17, 15) is 14.4 Å². The maximum absolute atomic E-state index is 9.72. The molecule has 0 saturated heterocycles. The summed E-state index contributed by atoms with van der Waals surface area (Å²) in [5, 5.41) is 35.6. The summed E-state index contributed by atoms with van der Waals surface area (Å²) in [6.07, 6.45) is -1.22. The van der Waals surface area contributed by atoms with Gasteiger partial charge in [-0.1, -0.05) is 0 Å². The second-order valence-corrected chi connectivity index (χ2v) is 4.40. The first-order valence-electron chi connectivity index (χ1n) is 5.75. The van der Waals surface area contributed by atoms with Crippen LogP contribution in [0, 0.1) is 0 Å². The summed E-state index contributed by atoms with van der Waals surface area (Å²) in [5.74, 6) is -4.33. The fourth-order valence-electron chi connectivity index (χ4n) is 0.209. The van der Waals surface area contributed by atoms with E-state index < -0.39 is 37.9 Å². The average molecular weight is 587 g/mol. The van der Waals surface area contributed by atoms with Crippen molar-refractivity contribution in [1.82, 2.24) is 0 Å². The van der Waals surface area contributed by atoms with Crippen molar-refractivity contribution < 1.29 is 278 Å². The molecule has 0 aromatic rings. The Balaban J connectivity index is -0.0000000136. The molecule has 0 spiro atoms. The number of rotatable bonds is 3. The minimum Gasteiger partial charge on any atom is -1.00 e. The molecular weight excluding hydrogens is 567 g/mol. The Morgan fingerprint density at radius 3 is 0.848 bits per heavy atom. The first kappa shape index (κ1) is 83.2. The fraction of sp³-hybridized carbons (Fsp3) is 0.600. The average Bonchev–Trinajstić information content (AvgIpc) is 2.22. The Kier molecular flexibility index (Phi) is 155. The summed E-state index contributed by atoms with van der Waals surface area (Å²) in [6.45, 7) is 3.69. The van der Waals surface area contributed by atoms with Crippen LogP contribution in [0.3, 0.4) is 0 Å². The van der Waals surface area contributed by atoms with Crippen LogP contribution in [0.2, 0.25) is 0 Å². The Bertz CT molecular complexity index is 389. The zero-order valence-electron chi connectivity index (χ0n) is 21.2. The van der Waals surface area contributed by atoms with Crippen molar-refractivity contribution in [2.45, 2.75) is 33.9 Å². The number of carbonyl (C=O) groups excluding carboxylic acids is 4. The molecule has 0 rings (SSSR count). The molecule has 14 nitrogen and oxygen atoms in total. The molecule has 0 aliphatic rings. The van der Waals surface area contributed by atoms with E-state index in [1.807, 2.05) is 0 Å². The smallest absolute Gasteiger partial charge is 1.00 e. The van der Waals surface area contributed by atoms with Crippen LogP contribution in [-0.4, -0.2) is 36.6 Å². The van der Waals surface area contributed by atoms with Crippen molar-refractivity contribution in [2.75, 3.05) is 6.54 Å². The summed E-state index contributed by atoms with van der Waals surface area (Å²) < 4.78 is 13.4. The third kappa shape index (κ3) is 310. The monoisotopic (exact) mass is 586 g/mol. The van der Waals surface area contributed by atoms with Crippen LogP contribution in [0.15, 0.2) is 0 Å². The predicted octanol–water partition coefficient (Wildman–Crippen LogP) is -31.9. The van der Waals surface area contributed by atoms with Gasteiger partial charge in [0.25, 0.3) is 0 Å². The van der Waals surface area contributed by atoms with Gasteiger partial charge in [-0.2, -0.15) is 0 Å². The summed E-state index contributed by atoms with van der Waals surface area (Å²) in [4.78, 5) is 55.0. The van der Waals surface area contributed by atoms with Gasteiger partial charge < -0.3 is 82.4 Å². The van der Waals surface area contributed by atoms with Gasteiger partial charge in [0.1, 0.15) is 6.23 Å². The number of phosphoric ester groups is 1. The van der Waals surface area contributed by atoms with E-state index in [0.717, 1.165) is 27.7 Å². The van der Waals surface area contributed by atoms with E-state index in [2.05, 4.69) is 4.52 Å². The van der Waals surface area contributed by atoms with Gasteiger partial charge in [-0.05, 0) is 27.7 Å². The number of halogens is 1. The number of phosphoric acid groups is 1. The molecule has 0 amide bonds. The van der Waals surface area contributed by atoms with Crippen LogP contribution in [0.4, 0.5) is 0 Å². The van der Waals surface area contributed by atoms with Gasteiger partial charge in [0, 0.05) is 30.4 Å². The summed E-state index contributed by atoms with van der Waals surface area (Å²) in [7, 11) is -4.94. The molecule has 0 aliphatic heterocycles. The first-order chi connectivity index (χ1) is 10.9. The van der Waals surface area contributed by atoms with E-state index in [1.54, 1.807) is 0 Å². The molecule has 1 unspecified atom stereocenters. The van der Waals surface area contributed by atoms with E-state index in [4.69, 9.17) is 51.1 Å². The van der Waals surface area contributed by atoms with Crippen LogP contribution in [0.25, 0.3) is 0 Å². The predicted molar refractivity (Wildman–Crippen MR) is 68.4 cm³/mol. The maximum atomic E-state index is 9.72. The van der Waals surface area contributed by atoms with Gasteiger partial charge in [0.2, 0.25) is 0 Å². The number of carboxylic acids is 4. The van der Waals surface area contributed by atoms with Crippen molar-refractivity contribution in [2.24, 2.45) is 11.5 Å². The topological polar surface area (TPSA) is 285 Å². The molecule has 0 aliphatic carbocycles. The van der Waals surface area contributed by atoms with Gasteiger partial charge in [-0.3, -0.25) is 0 Å². The van der Waals surface area contributed by atoms with E-state index in [1.165, 1.54) is 0 Å². The van der Waals surface area contributed by atoms with Crippen molar-refractivity contribution >= 4 is 31.7 Å². The summed E-state index contributed by atoms with van der Waals surface area (Å²) >= 11 is 0. The van der Waals surface area contributed by atoms with Gasteiger partial charge >= 0.3 is 207 Å². The van der Waals surface area contributed by atoms with Crippen LogP contribution in [0.1, 0.15) is 27.7 Å². The molecule has 0 aromatic carbocycles. The second-order valence-electron chi connectivity index (χ2n) is 3.29. The van der Waals surface area contributed by atoms with Crippen LogP contribution in [0.5, 0.6) is 0 Å². The third-order valence-electron chi connectivity index (χ3n) is 0.497. The van der Waals surface area contributed by atoms with Crippen molar-refractivity contribution in [3.8, 4) is 0 Å². The number of hydrogen-bond donors (Lipinski definition) is 2. The van der Waals surface area contributed by atoms with Crippen molar-refractivity contribution in [1.29, 1.82) is 0 Å². The quantitative estimate of drug-likeness (QED) is 0.176. The molecule has 33 heavy (non-hydrogen) atoms. The minimum absolute atomic E-state index is 0. The summed E-state index contributed by atoms with van der Waals surface area (Å²) in [5.41, 5.74) is 9.67. The molecule has 0 bridgehead atoms. The molecule has 0 aromatic heterocycles. The molecule has 160 valence electrons. The minimum atomic E-state index is -4.94. The van der Waals surface area contributed by atoms with Gasteiger partial charge in [0.05, 0.1) is 7.82 Å². The molecule has 0 radical (unpaired) electrons. The number of aliphatic carboxylic acids is 4. The summed E-state index contributed by atoms with van der Waals surface area (Å²) in [6, 6.07) is 0. The van der Waals surface area contributed by atoms with E-state index in [-0.39, 0.29) is 226 Å². The Hall–Kier alpha value is 5.20. The van der Waals surface area contributed by atoms with Gasteiger partial charge in [-0.15, -0.1) is 0 Å². The van der Waals surface area contributed by atoms with E-state index >= 15 is 0 Å². The first-order valence-corrected chi connectivity index (χ1v) is 7.21. The SMILES string of the molecule is CC(=O)[O-].CC(=O)[O-].CC(=O)[O-].CC(=O)[O-].NCC(N)OP(=O)([O-])[O-].[Cl-].[Na+].[Na+].[Na+].[Na+].[Na+].[Na+].[Na+]. The number of carbonyl (C=O) groups is 4. The van der Waals surface area contributed by atoms with E-state index in [0.29, 0.717) is 0 Å². The Morgan fingerprint density at radius 2 is 0.818 bits per heavy atom. The molecule has 0 fully saturated rings. The largest absolute Gasteiger partial charge is 1.00 e. The standard InChI is InChI=1S/C2H9N2O4P.4C2H4O2.ClH.7Na/c3-1-2(4)8-9(5,6)7;4*1-2(3)4;;;;;;;;/h2H,1,3-4H2,(H2,5,6,7);4*1H3,(H,3,4);1H;;;;;;;/q;;;;;;7*+1/p-7. The normalized spacial score (nSPS) is 7.27. The molecule has 4 N–H and O–H groups in total. The number of hydrogen-bond acceptors (Lipinski definition) is 14. The van der Waals surface area contributed by atoms with Crippen LogP contribution < -0.4 is 261 Å². The molecule has 1 atom stereocenters. The molecular formula is C10H19ClN2Na7O12P. The maximum Gasteiger partial charge on any atom is 1.00 e. The molecule has 0 heterocycles. The zero-order valence-corrected chi connectivity index (χ0v) is 36.8. The fourth-order valence-corrected chi connectivity index (χ4v) is 0.627. The van der Waals surface area contributed by atoms with Crippen LogP contribution >= 0.6 is 7.82 Å². The second kappa shape index (κ2) is 61.3. The molecule has 0 saturated carbocycles. The number of carboxylic acid groups (broad SMARTS) is 4. The van der Waals surface area contributed by atoms with Crippen molar-refractivity contribution in [3.05, 3.63) is 0 Å². The number of nitrogens with two attached hydrogens (primary N) is 2.